The van der Waals surface area contributed by atoms with Gasteiger partial charge >= 0.3 is 0 Å². The topological polar surface area (TPSA) is 61.4 Å². The average Bonchev–Trinajstić information content (AvgIpc) is 2.74. The average molecular weight is 394 g/mol. The van der Waals surface area contributed by atoms with Gasteiger partial charge in [0.1, 0.15) is 5.54 Å². The molecule has 2 aromatic rings. The largest absolute Gasteiger partial charge is 0.372 e. The van der Waals surface area contributed by atoms with E-state index in [1.54, 1.807) is 0 Å². The van der Waals surface area contributed by atoms with Crippen LogP contribution >= 0.6 is 0 Å². The molecule has 0 saturated carbocycles. The molecule has 0 atom stereocenters. The Balaban J connectivity index is 1.54. The molecule has 0 radical (unpaired) electrons. The van der Waals surface area contributed by atoms with Gasteiger partial charge in [-0.25, -0.2) is 0 Å². The van der Waals surface area contributed by atoms with Gasteiger partial charge in [0.25, 0.3) is 5.91 Å². The standard InChI is InChI=1S/C24H31N3O2/c1-18-7-13-21(14-8-18)26-24(2,3)23(29)25-17-19-9-11-20(12-10-19)22(28)27-15-5-4-6-16-27/h7-14,26H,4-6,15-17H2,1-3H3,(H,25,29). The lowest BCUT2D eigenvalue weighted by Crippen LogP contribution is -2.47. The summed E-state index contributed by atoms with van der Waals surface area (Å²) in [6.45, 7) is 7.88. The van der Waals surface area contributed by atoms with Crippen molar-refractivity contribution in [3.63, 3.8) is 0 Å². The Kier molecular flexibility index (Phi) is 6.57. The Hall–Kier alpha value is -2.82. The second-order valence-electron chi connectivity index (χ2n) is 8.35. The summed E-state index contributed by atoms with van der Waals surface area (Å²) in [5.74, 6) is 0.0234. The zero-order chi connectivity index (χ0) is 20.9. The number of carbonyl (C=O) groups excluding carboxylic acids is 2. The van der Waals surface area contributed by atoms with Gasteiger partial charge < -0.3 is 15.5 Å². The van der Waals surface area contributed by atoms with Gasteiger partial charge in [0.2, 0.25) is 5.91 Å². The van der Waals surface area contributed by atoms with Crippen molar-refractivity contribution in [2.75, 3.05) is 18.4 Å². The van der Waals surface area contributed by atoms with Gasteiger partial charge in [0, 0.05) is 30.9 Å². The monoisotopic (exact) mass is 393 g/mol. The van der Waals surface area contributed by atoms with Crippen molar-refractivity contribution >= 4 is 17.5 Å². The van der Waals surface area contributed by atoms with Crippen LogP contribution in [0.4, 0.5) is 5.69 Å². The summed E-state index contributed by atoms with van der Waals surface area (Å²) < 4.78 is 0. The molecule has 0 aromatic heterocycles. The molecule has 5 heteroatoms. The van der Waals surface area contributed by atoms with Crippen LogP contribution in [-0.2, 0) is 11.3 Å². The summed E-state index contributed by atoms with van der Waals surface area (Å²) in [6, 6.07) is 15.5. The van der Waals surface area contributed by atoms with Crippen LogP contribution in [0.25, 0.3) is 0 Å². The van der Waals surface area contributed by atoms with Crippen LogP contribution in [-0.4, -0.2) is 35.3 Å². The molecule has 0 aliphatic carbocycles. The molecule has 1 aliphatic rings. The fourth-order valence-electron chi connectivity index (χ4n) is 3.50. The fraction of sp³-hybridized carbons (Fsp3) is 0.417. The minimum Gasteiger partial charge on any atom is -0.372 e. The predicted octanol–water partition coefficient (Wildman–Crippen LogP) is 4.13. The number of piperidine rings is 1. The quantitative estimate of drug-likeness (QED) is 0.776. The Bertz CT molecular complexity index is 835. The lowest BCUT2D eigenvalue weighted by Gasteiger charge is -2.27. The zero-order valence-electron chi connectivity index (χ0n) is 17.6. The lowest BCUT2D eigenvalue weighted by molar-refractivity contribution is -0.124. The first-order valence-corrected chi connectivity index (χ1v) is 10.4. The Morgan fingerprint density at radius 3 is 2.17 bits per heavy atom. The number of nitrogens with one attached hydrogen (secondary N) is 2. The molecule has 5 nitrogen and oxygen atoms in total. The SMILES string of the molecule is Cc1ccc(NC(C)(C)C(=O)NCc2ccc(C(=O)N3CCCCC3)cc2)cc1. The van der Waals surface area contributed by atoms with E-state index in [0.717, 1.165) is 37.2 Å². The van der Waals surface area contributed by atoms with E-state index in [1.165, 1.54) is 12.0 Å². The highest BCUT2D eigenvalue weighted by atomic mass is 16.2. The fourth-order valence-corrected chi connectivity index (χ4v) is 3.50. The molecular formula is C24H31N3O2. The molecular weight excluding hydrogens is 362 g/mol. The molecule has 1 saturated heterocycles. The summed E-state index contributed by atoms with van der Waals surface area (Å²) in [6.07, 6.45) is 3.38. The first-order valence-electron chi connectivity index (χ1n) is 10.4. The molecule has 1 fully saturated rings. The number of hydrogen-bond donors (Lipinski definition) is 2. The number of likely N-dealkylation sites (tertiary alicyclic amines) is 1. The van der Waals surface area contributed by atoms with Gasteiger partial charge in [-0.05, 0) is 69.9 Å². The maximum Gasteiger partial charge on any atom is 0.253 e. The van der Waals surface area contributed by atoms with Crippen molar-refractivity contribution in [3.8, 4) is 0 Å². The second-order valence-corrected chi connectivity index (χ2v) is 8.35. The van der Waals surface area contributed by atoms with E-state index in [-0.39, 0.29) is 11.8 Å². The highest BCUT2D eigenvalue weighted by Crippen LogP contribution is 2.17. The molecule has 2 N–H and O–H groups in total. The van der Waals surface area contributed by atoms with Crippen LogP contribution in [0.1, 0.15) is 54.6 Å². The molecule has 1 aliphatic heterocycles. The van der Waals surface area contributed by atoms with Gasteiger partial charge in [-0.2, -0.15) is 0 Å². The van der Waals surface area contributed by atoms with E-state index in [0.29, 0.717) is 12.1 Å². The molecule has 0 bridgehead atoms. The molecule has 1 heterocycles. The van der Waals surface area contributed by atoms with Crippen molar-refractivity contribution in [1.82, 2.24) is 10.2 Å². The summed E-state index contributed by atoms with van der Waals surface area (Å²) in [7, 11) is 0. The second kappa shape index (κ2) is 9.12. The van der Waals surface area contributed by atoms with E-state index in [9.17, 15) is 9.59 Å². The van der Waals surface area contributed by atoms with Crippen molar-refractivity contribution in [3.05, 3.63) is 65.2 Å². The van der Waals surface area contributed by atoms with Gasteiger partial charge in [0.15, 0.2) is 0 Å². The van der Waals surface area contributed by atoms with Crippen LogP contribution in [0.2, 0.25) is 0 Å². The third kappa shape index (κ3) is 5.59. The molecule has 2 amide bonds. The molecule has 154 valence electrons. The molecule has 29 heavy (non-hydrogen) atoms. The number of amides is 2. The van der Waals surface area contributed by atoms with Crippen LogP contribution in [0.3, 0.4) is 0 Å². The number of anilines is 1. The summed E-state index contributed by atoms with van der Waals surface area (Å²) in [5, 5.41) is 6.27. The number of rotatable bonds is 6. The summed E-state index contributed by atoms with van der Waals surface area (Å²) >= 11 is 0. The van der Waals surface area contributed by atoms with Crippen molar-refractivity contribution in [1.29, 1.82) is 0 Å². The molecule has 3 rings (SSSR count). The highest BCUT2D eigenvalue weighted by Gasteiger charge is 2.27. The van der Waals surface area contributed by atoms with E-state index < -0.39 is 5.54 Å². The lowest BCUT2D eigenvalue weighted by atomic mass is 10.0. The normalized spacial score (nSPS) is 14.4. The minimum atomic E-state index is -0.737. The predicted molar refractivity (Wildman–Crippen MR) is 117 cm³/mol. The van der Waals surface area contributed by atoms with Crippen molar-refractivity contribution in [2.24, 2.45) is 0 Å². The molecule has 2 aromatic carbocycles. The number of aryl methyl sites for hydroxylation is 1. The first-order chi connectivity index (χ1) is 13.8. The van der Waals surface area contributed by atoms with E-state index in [2.05, 4.69) is 10.6 Å². The number of nitrogens with zero attached hydrogens (tertiary/aromatic N) is 1. The highest BCUT2D eigenvalue weighted by molar-refractivity contribution is 5.94. The Labute approximate surface area is 173 Å². The van der Waals surface area contributed by atoms with E-state index in [4.69, 9.17) is 0 Å². The third-order valence-electron chi connectivity index (χ3n) is 5.37. The van der Waals surface area contributed by atoms with E-state index >= 15 is 0 Å². The van der Waals surface area contributed by atoms with Crippen LogP contribution < -0.4 is 10.6 Å². The number of carbonyl (C=O) groups is 2. The Morgan fingerprint density at radius 1 is 0.931 bits per heavy atom. The Morgan fingerprint density at radius 2 is 1.55 bits per heavy atom. The smallest absolute Gasteiger partial charge is 0.253 e. The maximum atomic E-state index is 12.7. The van der Waals surface area contributed by atoms with E-state index in [1.807, 2.05) is 74.2 Å². The van der Waals surface area contributed by atoms with Crippen molar-refractivity contribution in [2.45, 2.75) is 52.1 Å². The van der Waals surface area contributed by atoms with Crippen molar-refractivity contribution < 1.29 is 9.59 Å². The van der Waals surface area contributed by atoms with Gasteiger partial charge in [-0.1, -0.05) is 29.8 Å². The van der Waals surface area contributed by atoms with Crippen LogP contribution in [0, 0.1) is 6.92 Å². The maximum absolute atomic E-state index is 12.7. The number of hydrogen-bond acceptors (Lipinski definition) is 3. The van der Waals surface area contributed by atoms with Crippen LogP contribution in [0.5, 0.6) is 0 Å². The van der Waals surface area contributed by atoms with Gasteiger partial charge in [0.05, 0.1) is 0 Å². The van der Waals surface area contributed by atoms with Gasteiger partial charge in [-0.3, -0.25) is 9.59 Å². The molecule has 0 spiro atoms. The van der Waals surface area contributed by atoms with Gasteiger partial charge in [-0.15, -0.1) is 0 Å². The summed E-state index contributed by atoms with van der Waals surface area (Å²) in [4.78, 5) is 27.1. The summed E-state index contributed by atoms with van der Waals surface area (Å²) in [5.41, 5.74) is 3.04. The first kappa shape index (κ1) is 20.9. The third-order valence-corrected chi connectivity index (χ3v) is 5.37. The molecule has 0 unspecified atom stereocenters. The zero-order valence-corrected chi connectivity index (χ0v) is 17.6. The van der Waals surface area contributed by atoms with Crippen LogP contribution in [0.15, 0.2) is 48.5 Å². The minimum absolute atomic E-state index is 0.0773. The number of benzene rings is 2.